The van der Waals surface area contributed by atoms with E-state index in [2.05, 4.69) is 17.6 Å². The number of hydrogen-bond donors (Lipinski definition) is 3. The van der Waals surface area contributed by atoms with Crippen LogP contribution in [0.4, 0.5) is 16.2 Å². The van der Waals surface area contributed by atoms with E-state index in [4.69, 9.17) is 5.73 Å². The minimum Gasteiger partial charge on any atom is -0.399 e. The summed E-state index contributed by atoms with van der Waals surface area (Å²) in [4.78, 5) is 11.6. The van der Waals surface area contributed by atoms with Crippen molar-refractivity contribution in [2.24, 2.45) is 5.92 Å². The second kappa shape index (κ2) is 4.43. The average Bonchev–Trinajstić information content (AvgIpc) is 2.96. The Hall–Kier alpha value is -1.71. The molecule has 0 spiro atoms. The number of amides is 2. The van der Waals surface area contributed by atoms with Gasteiger partial charge in [-0.1, -0.05) is 19.4 Å². The van der Waals surface area contributed by atoms with E-state index in [1.165, 1.54) is 0 Å². The number of nitrogen functional groups attached to an aromatic ring is 1. The van der Waals surface area contributed by atoms with E-state index in [-0.39, 0.29) is 6.03 Å². The van der Waals surface area contributed by atoms with Crippen molar-refractivity contribution in [3.8, 4) is 0 Å². The number of rotatable bonds is 3. The molecule has 0 aromatic heterocycles. The standard InChI is InChI=1S/C12H17N3O/c1-2-8-6-11(8)15-12(16)14-10-5-3-4-9(13)7-10/h3-5,7-8,11H,2,6,13H2,1H3,(H2,14,15,16). The van der Waals surface area contributed by atoms with Crippen LogP contribution >= 0.6 is 0 Å². The van der Waals surface area contributed by atoms with Gasteiger partial charge in [-0.3, -0.25) is 0 Å². The quantitative estimate of drug-likeness (QED) is 0.682. The van der Waals surface area contributed by atoms with Crippen LogP contribution in [0.5, 0.6) is 0 Å². The highest BCUT2D eigenvalue weighted by molar-refractivity contribution is 5.90. The number of urea groups is 1. The first kappa shape index (κ1) is 10.8. The zero-order chi connectivity index (χ0) is 11.5. The maximum atomic E-state index is 11.6. The summed E-state index contributed by atoms with van der Waals surface area (Å²) in [6.07, 6.45) is 2.23. The van der Waals surface area contributed by atoms with Crippen molar-refractivity contribution in [3.63, 3.8) is 0 Å². The van der Waals surface area contributed by atoms with Crippen LogP contribution in [0.15, 0.2) is 24.3 Å². The second-order valence-electron chi connectivity index (χ2n) is 4.23. The van der Waals surface area contributed by atoms with E-state index in [1.807, 2.05) is 12.1 Å². The summed E-state index contributed by atoms with van der Waals surface area (Å²) >= 11 is 0. The van der Waals surface area contributed by atoms with Gasteiger partial charge in [-0.25, -0.2) is 4.79 Å². The fraction of sp³-hybridized carbons (Fsp3) is 0.417. The number of nitrogens with one attached hydrogen (secondary N) is 2. The first-order valence-corrected chi connectivity index (χ1v) is 5.62. The summed E-state index contributed by atoms with van der Waals surface area (Å²) < 4.78 is 0. The first-order chi connectivity index (χ1) is 7.69. The molecule has 2 atom stereocenters. The Balaban J connectivity index is 1.83. The fourth-order valence-electron chi connectivity index (χ4n) is 1.83. The van der Waals surface area contributed by atoms with Crippen molar-refractivity contribution in [1.82, 2.24) is 5.32 Å². The van der Waals surface area contributed by atoms with Crippen LogP contribution in [0, 0.1) is 5.92 Å². The zero-order valence-corrected chi connectivity index (χ0v) is 9.36. The number of benzene rings is 1. The lowest BCUT2D eigenvalue weighted by atomic mass is 10.3. The summed E-state index contributed by atoms with van der Waals surface area (Å²) in [6, 6.07) is 7.37. The maximum Gasteiger partial charge on any atom is 0.319 e. The average molecular weight is 219 g/mol. The lowest BCUT2D eigenvalue weighted by Gasteiger charge is -2.07. The van der Waals surface area contributed by atoms with Crippen molar-refractivity contribution in [2.45, 2.75) is 25.8 Å². The van der Waals surface area contributed by atoms with Gasteiger partial charge in [0.15, 0.2) is 0 Å². The second-order valence-corrected chi connectivity index (χ2v) is 4.23. The van der Waals surface area contributed by atoms with Gasteiger partial charge in [-0.05, 0) is 30.5 Å². The van der Waals surface area contributed by atoms with Crippen molar-refractivity contribution in [2.75, 3.05) is 11.1 Å². The van der Waals surface area contributed by atoms with Crippen LogP contribution in [0.1, 0.15) is 19.8 Å². The Morgan fingerprint density at radius 1 is 1.56 bits per heavy atom. The predicted molar refractivity (Wildman–Crippen MR) is 65.2 cm³/mol. The summed E-state index contributed by atoms with van der Waals surface area (Å²) in [5.74, 6) is 0.659. The SMILES string of the molecule is CCC1CC1NC(=O)Nc1cccc(N)c1. The molecule has 0 aliphatic heterocycles. The Labute approximate surface area is 95.2 Å². The smallest absolute Gasteiger partial charge is 0.319 e. The van der Waals surface area contributed by atoms with Gasteiger partial charge in [0, 0.05) is 17.4 Å². The van der Waals surface area contributed by atoms with Gasteiger partial charge >= 0.3 is 6.03 Å². The van der Waals surface area contributed by atoms with Crippen LogP contribution in [-0.4, -0.2) is 12.1 Å². The number of anilines is 2. The highest BCUT2D eigenvalue weighted by Gasteiger charge is 2.36. The minimum atomic E-state index is -0.147. The highest BCUT2D eigenvalue weighted by Crippen LogP contribution is 2.33. The minimum absolute atomic E-state index is 0.147. The number of nitrogens with two attached hydrogens (primary N) is 1. The molecule has 2 amide bonds. The zero-order valence-electron chi connectivity index (χ0n) is 9.36. The van der Waals surface area contributed by atoms with E-state index in [1.54, 1.807) is 12.1 Å². The molecule has 1 fully saturated rings. The molecule has 1 aliphatic rings. The molecule has 4 nitrogen and oxygen atoms in total. The number of carbonyl (C=O) groups excluding carboxylic acids is 1. The van der Waals surface area contributed by atoms with Gasteiger partial charge in [0.25, 0.3) is 0 Å². The fourth-order valence-corrected chi connectivity index (χ4v) is 1.83. The molecule has 4 N–H and O–H groups in total. The normalized spacial score (nSPS) is 22.6. The third kappa shape index (κ3) is 2.66. The largest absolute Gasteiger partial charge is 0.399 e. The van der Waals surface area contributed by atoms with Gasteiger partial charge in [0.2, 0.25) is 0 Å². The molecule has 2 rings (SSSR count). The Kier molecular flexibility index (Phi) is 2.99. The summed E-state index contributed by atoms with van der Waals surface area (Å²) in [5.41, 5.74) is 7.00. The molecule has 1 aliphatic carbocycles. The lowest BCUT2D eigenvalue weighted by Crippen LogP contribution is -2.31. The molecule has 0 heterocycles. The van der Waals surface area contributed by atoms with E-state index in [0.717, 1.165) is 18.5 Å². The molecule has 4 heteroatoms. The monoisotopic (exact) mass is 219 g/mol. The highest BCUT2D eigenvalue weighted by atomic mass is 16.2. The van der Waals surface area contributed by atoms with E-state index in [0.29, 0.717) is 17.6 Å². The Bertz CT molecular complexity index is 392. The molecule has 1 saturated carbocycles. The van der Waals surface area contributed by atoms with E-state index < -0.39 is 0 Å². The van der Waals surface area contributed by atoms with E-state index >= 15 is 0 Å². The number of carbonyl (C=O) groups is 1. The van der Waals surface area contributed by atoms with Crippen LogP contribution < -0.4 is 16.4 Å². The molecule has 2 unspecified atom stereocenters. The molecule has 0 saturated heterocycles. The van der Waals surface area contributed by atoms with Crippen LogP contribution in [0.3, 0.4) is 0 Å². The molecule has 0 bridgehead atoms. The third-order valence-corrected chi connectivity index (χ3v) is 2.91. The summed E-state index contributed by atoms with van der Waals surface area (Å²) in [5, 5.41) is 5.70. The topological polar surface area (TPSA) is 67.2 Å². The Morgan fingerprint density at radius 2 is 2.38 bits per heavy atom. The molecule has 1 aromatic rings. The van der Waals surface area contributed by atoms with Gasteiger partial charge in [-0.2, -0.15) is 0 Å². The molecule has 16 heavy (non-hydrogen) atoms. The molecular formula is C12H17N3O. The molecule has 86 valence electrons. The summed E-state index contributed by atoms with van der Waals surface area (Å²) in [7, 11) is 0. The predicted octanol–water partition coefficient (Wildman–Crippen LogP) is 2.19. The van der Waals surface area contributed by atoms with Crippen LogP contribution in [0.2, 0.25) is 0 Å². The van der Waals surface area contributed by atoms with Crippen LogP contribution in [0.25, 0.3) is 0 Å². The van der Waals surface area contributed by atoms with Gasteiger partial charge in [-0.15, -0.1) is 0 Å². The van der Waals surface area contributed by atoms with Gasteiger partial charge in [0.05, 0.1) is 0 Å². The van der Waals surface area contributed by atoms with Gasteiger partial charge < -0.3 is 16.4 Å². The van der Waals surface area contributed by atoms with Crippen LogP contribution in [-0.2, 0) is 0 Å². The van der Waals surface area contributed by atoms with Crippen molar-refractivity contribution in [1.29, 1.82) is 0 Å². The lowest BCUT2D eigenvalue weighted by molar-refractivity contribution is 0.251. The van der Waals surface area contributed by atoms with Crippen molar-refractivity contribution >= 4 is 17.4 Å². The molecule has 1 aromatic carbocycles. The van der Waals surface area contributed by atoms with Gasteiger partial charge in [0.1, 0.15) is 0 Å². The third-order valence-electron chi connectivity index (χ3n) is 2.91. The summed E-state index contributed by atoms with van der Waals surface area (Å²) in [6.45, 7) is 2.14. The Morgan fingerprint density at radius 3 is 3.00 bits per heavy atom. The maximum absolute atomic E-state index is 11.6. The molecule has 0 radical (unpaired) electrons. The first-order valence-electron chi connectivity index (χ1n) is 5.62. The number of hydrogen-bond acceptors (Lipinski definition) is 2. The van der Waals surface area contributed by atoms with Crippen molar-refractivity contribution < 1.29 is 4.79 Å². The van der Waals surface area contributed by atoms with E-state index in [9.17, 15) is 4.79 Å². The molecular weight excluding hydrogens is 202 g/mol. The van der Waals surface area contributed by atoms with Crippen molar-refractivity contribution in [3.05, 3.63) is 24.3 Å².